The first-order valence-electron chi connectivity index (χ1n) is 10.0. The van der Waals surface area contributed by atoms with Gasteiger partial charge in [0.05, 0.1) is 17.2 Å². The summed E-state index contributed by atoms with van der Waals surface area (Å²) >= 11 is 11.9. The highest BCUT2D eigenvalue weighted by Crippen LogP contribution is 2.29. The molecule has 168 valence electrons. The summed E-state index contributed by atoms with van der Waals surface area (Å²) in [6.07, 6.45) is 1.48. The first-order valence-corrected chi connectivity index (χ1v) is 10.8. The quantitative estimate of drug-likeness (QED) is 0.300. The molecular weight excluding hydrogens is 459 g/mol. The van der Waals surface area contributed by atoms with Crippen LogP contribution < -0.4 is 14.8 Å². The number of hydrogen-bond acceptors (Lipinski definition) is 4. The molecule has 0 fully saturated rings. The molecule has 0 saturated carbocycles. The number of anilines is 1. The van der Waals surface area contributed by atoms with Gasteiger partial charge in [0.25, 0.3) is 5.91 Å². The molecule has 5 nitrogen and oxygen atoms in total. The Morgan fingerprint density at radius 2 is 1.76 bits per heavy atom. The summed E-state index contributed by atoms with van der Waals surface area (Å²) in [6, 6.07) is 18.0. The standard InChI is InChI=1S/C26H22Cl2N2O3/c1-16-8-17(2)10-18(9-16)15-33-25-13-22(32-3)6-4-19(25)11-20(14-29)26(31)30-21-5-7-23(27)24(28)12-21/h4-13H,15H2,1-3H3,(H,30,31)/b20-11+. The molecule has 0 bridgehead atoms. The Bertz CT molecular complexity index is 1240. The molecule has 0 aliphatic heterocycles. The lowest BCUT2D eigenvalue weighted by Gasteiger charge is -2.13. The maximum Gasteiger partial charge on any atom is 0.266 e. The van der Waals surface area contributed by atoms with Crippen molar-refractivity contribution in [2.75, 3.05) is 12.4 Å². The Morgan fingerprint density at radius 3 is 2.39 bits per heavy atom. The van der Waals surface area contributed by atoms with Gasteiger partial charge in [-0.15, -0.1) is 0 Å². The third-order valence-corrected chi connectivity index (χ3v) is 5.48. The number of nitrogens with one attached hydrogen (secondary N) is 1. The first-order chi connectivity index (χ1) is 15.8. The number of carbonyl (C=O) groups is 1. The number of nitrogens with zero attached hydrogens (tertiary/aromatic N) is 1. The molecule has 3 aromatic carbocycles. The van der Waals surface area contributed by atoms with Crippen molar-refractivity contribution in [3.05, 3.63) is 92.5 Å². The van der Waals surface area contributed by atoms with E-state index in [1.54, 1.807) is 37.4 Å². The third kappa shape index (κ3) is 6.52. The minimum absolute atomic E-state index is 0.0949. The number of hydrogen-bond donors (Lipinski definition) is 1. The summed E-state index contributed by atoms with van der Waals surface area (Å²) in [7, 11) is 1.56. The van der Waals surface area contributed by atoms with E-state index in [2.05, 4.69) is 11.4 Å². The van der Waals surface area contributed by atoms with E-state index in [0.29, 0.717) is 39.4 Å². The van der Waals surface area contributed by atoms with Gasteiger partial charge in [0.2, 0.25) is 0 Å². The van der Waals surface area contributed by atoms with Crippen LogP contribution in [0.25, 0.3) is 6.08 Å². The van der Waals surface area contributed by atoms with Gasteiger partial charge >= 0.3 is 0 Å². The van der Waals surface area contributed by atoms with Crippen LogP contribution in [0.4, 0.5) is 5.69 Å². The van der Waals surface area contributed by atoms with Crippen LogP contribution in [0.1, 0.15) is 22.3 Å². The van der Waals surface area contributed by atoms with Gasteiger partial charge in [-0.1, -0.05) is 52.5 Å². The van der Waals surface area contributed by atoms with Crippen molar-refractivity contribution in [3.63, 3.8) is 0 Å². The number of rotatable bonds is 7. The summed E-state index contributed by atoms with van der Waals surface area (Å²) in [5.41, 5.74) is 4.21. The van der Waals surface area contributed by atoms with Crippen LogP contribution >= 0.6 is 23.2 Å². The molecule has 0 heterocycles. The molecule has 3 rings (SSSR count). The van der Waals surface area contributed by atoms with Gasteiger partial charge < -0.3 is 14.8 Å². The number of benzene rings is 3. The van der Waals surface area contributed by atoms with E-state index in [9.17, 15) is 10.1 Å². The topological polar surface area (TPSA) is 71.3 Å². The number of aryl methyl sites for hydroxylation is 2. The van der Waals surface area contributed by atoms with Crippen molar-refractivity contribution in [2.24, 2.45) is 0 Å². The minimum atomic E-state index is -0.577. The fourth-order valence-electron chi connectivity index (χ4n) is 3.28. The maximum absolute atomic E-state index is 12.7. The molecule has 3 aromatic rings. The minimum Gasteiger partial charge on any atom is -0.497 e. The normalized spacial score (nSPS) is 11.0. The number of amides is 1. The van der Waals surface area contributed by atoms with Crippen molar-refractivity contribution >= 4 is 40.9 Å². The lowest BCUT2D eigenvalue weighted by molar-refractivity contribution is -0.112. The molecule has 0 aliphatic rings. The highest BCUT2D eigenvalue weighted by atomic mass is 35.5. The SMILES string of the molecule is COc1ccc(/C=C(\C#N)C(=O)Nc2ccc(Cl)c(Cl)c2)c(OCc2cc(C)cc(C)c2)c1. The third-order valence-electron chi connectivity index (χ3n) is 4.74. The number of nitriles is 1. The van der Waals surface area contributed by atoms with Crippen LogP contribution in [0.5, 0.6) is 11.5 Å². The molecule has 0 spiro atoms. The Morgan fingerprint density at radius 1 is 1.03 bits per heavy atom. The molecule has 0 saturated heterocycles. The predicted molar refractivity (Wildman–Crippen MR) is 132 cm³/mol. The number of ether oxygens (including phenoxy) is 2. The zero-order valence-corrected chi connectivity index (χ0v) is 19.9. The molecule has 1 N–H and O–H groups in total. The second kappa shape index (κ2) is 10.9. The molecule has 33 heavy (non-hydrogen) atoms. The Hall–Kier alpha value is -3.46. The van der Waals surface area contributed by atoms with E-state index < -0.39 is 5.91 Å². The molecule has 7 heteroatoms. The van der Waals surface area contributed by atoms with Crippen LogP contribution in [0.2, 0.25) is 10.0 Å². The van der Waals surface area contributed by atoms with E-state index in [1.807, 2.05) is 32.0 Å². The van der Waals surface area contributed by atoms with Crippen LogP contribution in [0, 0.1) is 25.2 Å². The average Bonchev–Trinajstić information content (AvgIpc) is 2.78. The van der Waals surface area contributed by atoms with Gasteiger partial charge in [-0.25, -0.2) is 0 Å². The van der Waals surface area contributed by atoms with E-state index in [4.69, 9.17) is 32.7 Å². The highest BCUT2D eigenvalue weighted by Gasteiger charge is 2.13. The second-order valence-electron chi connectivity index (χ2n) is 7.44. The van der Waals surface area contributed by atoms with E-state index >= 15 is 0 Å². The molecule has 0 aliphatic carbocycles. The number of halogens is 2. The Labute approximate surface area is 203 Å². The van der Waals surface area contributed by atoms with Crippen molar-refractivity contribution in [3.8, 4) is 17.6 Å². The lowest BCUT2D eigenvalue weighted by atomic mass is 10.1. The largest absolute Gasteiger partial charge is 0.497 e. The van der Waals surface area contributed by atoms with E-state index in [1.165, 1.54) is 12.1 Å². The Balaban J connectivity index is 1.87. The lowest BCUT2D eigenvalue weighted by Crippen LogP contribution is -2.13. The molecule has 0 atom stereocenters. The zero-order valence-electron chi connectivity index (χ0n) is 18.4. The van der Waals surface area contributed by atoms with Crippen molar-refractivity contribution in [1.29, 1.82) is 5.26 Å². The molecule has 1 amide bonds. The van der Waals surface area contributed by atoms with Crippen LogP contribution in [-0.2, 0) is 11.4 Å². The van der Waals surface area contributed by atoms with Crippen molar-refractivity contribution < 1.29 is 14.3 Å². The predicted octanol–water partition coefficient (Wildman–Crippen LogP) is 6.74. The molecule has 0 unspecified atom stereocenters. The van der Waals surface area contributed by atoms with Gasteiger partial charge in [-0.3, -0.25) is 4.79 Å². The smallest absolute Gasteiger partial charge is 0.266 e. The van der Waals surface area contributed by atoms with Gasteiger partial charge in [-0.2, -0.15) is 5.26 Å². The van der Waals surface area contributed by atoms with Gasteiger partial charge in [0.1, 0.15) is 29.7 Å². The number of carbonyl (C=O) groups excluding carboxylic acids is 1. The van der Waals surface area contributed by atoms with E-state index in [0.717, 1.165) is 16.7 Å². The molecule has 0 aromatic heterocycles. The van der Waals surface area contributed by atoms with Crippen molar-refractivity contribution in [2.45, 2.75) is 20.5 Å². The van der Waals surface area contributed by atoms with Crippen LogP contribution in [0.3, 0.4) is 0 Å². The highest BCUT2D eigenvalue weighted by molar-refractivity contribution is 6.42. The zero-order chi connectivity index (χ0) is 24.0. The van der Waals surface area contributed by atoms with Crippen molar-refractivity contribution in [1.82, 2.24) is 0 Å². The summed E-state index contributed by atoms with van der Waals surface area (Å²) in [5, 5.41) is 12.9. The first kappa shape index (κ1) is 24.2. The average molecular weight is 481 g/mol. The monoisotopic (exact) mass is 480 g/mol. The summed E-state index contributed by atoms with van der Waals surface area (Å²) in [5.74, 6) is 0.511. The van der Waals surface area contributed by atoms with Gasteiger partial charge in [0.15, 0.2) is 0 Å². The summed E-state index contributed by atoms with van der Waals surface area (Å²) in [6.45, 7) is 4.39. The molecule has 0 radical (unpaired) electrons. The fourth-order valence-corrected chi connectivity index (χ4v) is 3.57. The van der Waals surface area contributed by atoms with Gasteiger partial charge in [-0.05, 0) is 55.8 Å². The number of methoxy groups -OCH3 is 1. The fraction of sp³-hybridized carbons (Fsp3) is 0.154. The maximum atomic E-state index is 12.7. The second-order valence-corrected chi connectivity index (χ2v) is 8.26. The van der Waals surface area contributed by atoms with Crippen LogP contribution in [-0.4, -0.2) is 13.0 Å². The summed E-state index contributed by atoms with van der Waals surface area (Å²) < 4.78 is 11.4. The van der Waals surface area contributed by atoms with Gasteiger partial charge in [0, 0.05) is 17.3 Å². The Kier molecular flexibility index (Phi) is 8.00. The van der Waals surface area contributed by atoms with Crippen LogP contribution in [0.15, 0.2) is 60.2 Å². The summed E-state index contributed by atoms with van der Waals surface area (Å²) in [4.78, 5) is 12.7. The van der Waals surface area contributed by atoms with E-state index in [-0.39, 0.29) is 5.57 Å². The molecular formula is C26H22Cl2N2O3.